The molecule has 16 heavy (non-hydrogen) atoms. The van der Waals surface area contributed by atoms with Crippen LogP contribution in [0.4, 0.5) is 0 Å². The Bertz CT molecular complexity index is 499. The summed E-state index contributed by atoms with van der Waals surface area (Å²) in [5, 5.41) is 8.79. The van der Waals surface area contributed by atoms with E-state index in [0.717, 1.165) is 17.1 Å². The summed E-state index contributed by atoms with van der Waals surface area (Å²) < 4.78 is 3.72. The van der Waals surface area contributed by atoms with Crippen molar-refractivity contribution in [3.63, 3.8) is 0 Å². The van der Waals surface area contributed by atoms with E-state index < -0.39 is 0 Å². The van der Waals surface area contributed by atoms with Gasteiger partial charge in [0.05, 0.1) is 18.1 Å². The minimum atomic E-state index is 0.0816. The third-order valence-electron chi connectivity index (χ3n) is 2.59. The second-order valence-electron chi connectivity index (χ2n) is 5.20. The molecule has 0 amide bonds. The predicted octanol–water partition coefficient (Wildman–Crippen LogP) is 2.21. The summed E-state index contributed by atoms with van der Waals surface area (Å²) in [5.41, 5.74) is 3.33. The maximum atomic E-state index is 4.63. The van der Waals surface area contributed by atoms with Crippen LogP contribution in [-0.4, -0.2) is 19.6 Å². The zero-order valence-corrected chi connectivity index (χ0v) is 10.5. The third kappa shape index (κ3) is 1.87. The summed E-state index contributed by atoms with van der Waals surface area (Å²) >= 11 is 0. The Morgan fingerprint density at radius 2 is 1.94 bits per heavy atom. The fourth-order valence-corrected chi connectivity index (χ4v) is 1.62. The number of hydrogen-bond acceptors (Lipinski definition) is 2. The number of hydrogen-bond donors (Lipinski definition) is 0. The predicted molar refractivity (Wildman–Crippen MR) is 63.8 cm³/mol. The lowest BCUT2D eigenvalue weighted by atomic mass is 9.92. The Hall–Kier alpha value is -1.58. The zero-order valence-electron chi connectivity index (χ0n) is 10.5. The molecule has 2 aromatic heterocycles. The normalized spacial score (nSPS) is 12.1. The quantitative estimate of drug-likeness (QED) is 0.735. The van der Waals surface area contributed by atoms with Crippen LogP contribution in [0.3, 0.4) is 0 Å². The Morgan fingerprint density at radius 1 is 1.25 bits per heavy atom. The van der Waals surface area contributed by atoms with E-state index in [0.29, 0.717) is 0 Å². The molecule has 0 saturated carbocycles. The highest BCUT2D eigenvalue weighted by atomic mass is 15.3. The van der Waals surface area contributed by atoms with Crippen LogP contribution >= 0.6 is 0 Å². The van der Waals surface area contributed by atoms with E-state index in [1.54, 1.807) is 4.68 Å². The first kappa shape index (κ1) is 10.9. The third-order valence-corrected chi connectivity index (χ3v) is 2.59. The van der Waals surface area contributed by atoms with Gasteiger partial charge in [0.15, 0.2) is 0 Å². The molecule has 2 rings (SSSR count). The number of aromatic nitrogens is 4. The Morgan fingerprint density at radius 3 is 2.38 bits per heavy atom. The van der Waals surface area contributed by atoms with Crippen molar-refractivity contribution in [1.82, 2.24) is 19.6 Å². The average molecular weight is 218 g/mol. The van der Waals surface area contributed by atoms with Gasteiger partial charge in [-0.1, -0.05) is 20.8 Å². The van der Waals surface area contributed by atoms with Crippen molar-refractivity contribution >= 4 is 0 Å². The van der Waals surface area contributed by atoms with E-state index >= 15 is 0 Å². The summed E-state index contributed by atoms with van der Waals surface area (Å²) in [6.45, 7) is 8.57. The maximum absolute atomic E-state index is 4.63. The van der Waals surface area contributed by atoms with Crippen LogP contribution in [0.15, 0.2) is 18.5 Å². The summed E-state index contributed by atoms with van der Waals surface area (Å²) in [4.78, 5) is 0. The molecule has 0 aromatic carbocycles. The summed E-state index contributed by atoms with van der Waals surface area (Å²) in [7, 11) is 1.91. The molecule has 0 aliphatic rings. The molecule has 0 bridgehead atoms. The summed E-state index contributed by atoms with van der Waals surface area (Å²) in [6.07, 6.45) is 3.79. The first-order chi connectivity index (χ1) is 7.38. The van der Waals surface area contributed by atoms with E-state index in [1.807, 2.05) is 24.1 Å². The van der Waals surface area contributed by atoms with Crippen molar-refractivity contribution in [2.24, 2.45) is 7.05 Å². The Kier molecular flexibility index (Phi) is 2.37. The minimum Gasteiger partial charge on any atom is -0.274 e. The fourth-order valence-electron chi connectivity index (χ4n) is 1.62. The Labute approximate surface area is 95.9 Å². The minimum absolute atomic E-state index is 0.0816. The van der Waals surface area contributed by atoms with Crippen LogP contribution in [0.2, 0.25) is 0 Å². The first-order valence-corrected chi connectivity index (χ1v) is 5.44. The van der Waals surface area contributed by atoms with Gasteiger partial charge in [-0.05, 0) is 13.0 Å². The van der Waals surface area contributed by atoms with Crippen molar-refractivity contribution in [3.05, 3.63) is 29.8 Å². The topological polar surface area (TPSA) is 35.6 Å². The van der Waals surface area contributed by atoms with Gasteiger partial charge in [0.2, 0.25) is 0 Å². The number of rotatable bonds is 1. The molecular weight excluding hydrogens is 200 g/mol. The largest absolute Gasteiger partial charge is 0.274 e. The van der Waals surface area contributed by atoms with Crippen molar-refractivity contribution in [2.45, 2.75) is 33.1 Å². The molecule has 4 heteroatoms. The summed E-state index contributed by atoms with van der Waals surface area (Å²) in [5.74, 6) is 0. The molecule has 86 valence electrons. The number of nitrogens with zero attached hydrogens (tertiary/aromatic N) is 4. The van der Waals surface area contributed by atoms with Crippen molar-refractivity contribution in [3.8, 4) is 5.69 Å². The van der Waals surface area contributed by atoms with Crippen LogP contribution in [0, 0.1) is 6.92 Å². The van der Waals surface area contributed by atoms with Gasteiger partial charge in [0, 0.05) is 18.2 Å². The monoisotopic (exact) mass is 218 g/mol. The first-order valence-electron chi connectivity index (χ1n) is 5.44. The van der Waals surface area contributed by atoms with Gasteiger partial charge in [0.1, 0.15) is 5.69 Å². The molecule has 0 saturated heterocycles. The molecule has 0 aliphatic carbocycles. The maximum Gasteiger partial charge on any atom is 0.103 e. The average Bonchev–Trinajstić information content (AvgIpc) is 2.70. The van der Waals surface area contributed by atoms with Gasteiger partial charge in [-0.3, -0.25) is 4.68 Å². The SMILES string of the molecule is Cc1cc(C(C)(C)C)nn1-c1cnn(C)c1. The van der Waals surface area contributed by atoms with Gasteiger partial charge in [-0.15, -0.1) is 0 Å². The van der Waals surface area contributed by atoms with Crippen LogP contribution in [0.1, 0.15) is 32.2 Å². The smallest absolute Gasteiger partial charge is 0.103 e. The molecule has 2 aromatic rings. The second-order valence-corrected chi connectivity index (χ2v) is 5.20. The molecule has 0 fully saturated rings. The molecular formula is C12H18N4. The highest BCUT2D eigenvalue weighted by Gasteiger charge is 2.19. The molecule has 0 atom stereocenters. The molecule has 0 radical (unpaired) electrons. The van der Waals surface area contributed by atoms with Crippen molar-refractivity contribution in [2.75, 3.05) is 0 Å². The zero-order chi connectivity index (χ0) is 11.9. The highest BCUT2D eigenvalue weighted by Crippen LogP contribution is 2.22. The van der Waals surface area contributed by atoms with E-state index in [-0.39, 0.29) is 5.41 Å². The molecule has 0 spiro atoms. The Balaban J connectivity index is 2.47. The standard InChI is InChI=1S/C12H18N4/c1-9-6-11(12(2,3)4)14-16(9)10-7-13-15(5)8-10/h6-8H,1-5H3. The van der Waals surface area contributed by atoms with Gasteiger partial charge >= 0.3 is 0 Å². The lowest BCUT2D eigenvalue weighted by Crippen LogP contribution is -2.12. The van der Waals surface area contributed by atoms with E-state index in [4.69, 9.17) is 0 Å². The van der Waals surface area contributed by atoms with Gasteiger partial charge in [-0.2, -0.15) is 10.2 Å². The second kappa shape index (κ2) is 3.47. The van der Waals surface area contributed by atoms with Crippen LogP contribution in [0.25, 0.3) is 5.69 Å². The summed E-state index contributed by atoms with van der Waals surface area (Å²) in [6, 6.07) is 2.13. The van der Waals surface area contributed by atoms with Gasteiger partial charge in [-0.25, -0.2) is 4.68 Å². The molecule has 0 aliphatic heterocycles. The van der Waals surface area contributed by atoms with E-state index in [9.17, 15) is 0 Å². The van der Waals surface area contributed by atoms with E-state index in [1.165, 1.54) is 0 Å². The lowest BCUT2D eigenvalue weighted by Gasteiger charge is -2.14. The molecule has 0 N–H and O–H groups in total. The van der Waals surface area contributed by atoms with Crippen LogP contribution in [-0.2, 0) is 12.5 Å². The number of aryl methyl sites for hydroxylation is 2. The van der Waals surface area contributed by atoms with Gasteiger partial charge in [0.25, 0.3) is 0 Å². The van der Waals surface area contributed by atoms with Crippen LogP contribution < -0.4 is 0 Å². The molecule has 2 heterocycles. The van der Waals surface area contributed by atoms with Crippen molar-refractivity contribution < 1.29 is 0 Å². The fraction of sp³-hybridized carbons (Fsp3) is 0.500. The van der Waals surface area contributed by atoms with Crippen molar-refractivity contribution in [1.29, 1.82) is 0 Å². The van der Waals surface area contributed by atoms with E-state index in [2.05, 4.69) is 44.0 Å². The van der Waals surface area contributed by atoms with Gasteiger partial charge < -0.3 is 0 Å². The highest BCUT2D eigenvalue weighted by molar-refractivity contribution is 5.29. The molecule has 0 unspecified atom stereocenters. The van der Waals surface area contributed by atoms with Crippen LogP contribution in [0.5, 0.6) is 0 Å². The lowest BCUT2D eigenvalue weighted by molar-refractivity contribution is 0.560. The molecule has 4 nitrogen and oxygen atoms in total.